The first-order valence-electron chi connectivity index (χ1n) is 2.24. The van der Waals surface area contributed by atoms with Gasteiger partial charge in [-0.05, 0) is 0 Å². The van der Waals surface area contributed by atoms with Gasteiger partial charge in [-0.15, -0.1) is 0 Å². The molecule has 0 amide bonds. The monoisotopic (exact) mass is 179 g/mol. The summed E-state index contributed by atoms with van der Waals surface area (Å²) in [6, 6.07) is 0. The van der Waals surface area contributed by atoms with Crippen LogP contribution < -0.4 is 0 Å². The van der Waals surface area contributed by atoms with Gasteiger partial charge in [-0.2, -0.15) is 0 Å². The molecule has 9 heavy (non-hydrogen) atoms. The van der Waals surface area contributed by atoms with Crippen LogP contribution in [-0.2, 0) is 20.4 Å². The van der Waals surface area contributed by atoms with E-state index in [-0.39, 0.29) is 0 Å². The molecular formula is C4H5NO2STi+. The molecule has 0 saturated carbocycles. The number of allylic oxidation sites excluding steroid dienone is 2. The average Bonchev–Trinajstić information content (AvgIpc) is 1.78. The third-order valence-corrected chi connectivity index (χ3v) is 2.39. The van der Waals surface area contributed by atoms with Crippen molar-refractivity contribution in [1.82, 2.24) is 0 Å². The molecule has 0 radical (unpaired) electrons. The topological polar surface area (TPSA) is 40.5 Å². The summed E-state index contributed by atoms with van der Waals surface area (Å²) in [5, 5.41) is 19.3. The fourth-order valence-corrected chi connectivity index (χ4v) is 1.23. The van der Waals surface area contributed by atoms with Crippen LogP contribution in [0.1, 0.15) is 0 Å². The Balaban J connectivity index is 2.70. The summed E-state index contributed by atoms with van der Waals surface area (Å²) in [5.41, 5.74) is 0. The van der Waals surface area contributed by atoms with Gasteiger partial charge in [0.05, 0.1) is 0 Å². The molecule has 1 rings (SSSR count). The van der Waals surface area contributed by atoms with Crippen LogP contribution >= 0.6 is 11.9 Å². The third kappa shape index (κ3) is 2.25. The molecule has 0 atom stereocenters. The fourth-order valence-electron chi connectivity index (χ4n) is 0.386. The van der Waals surface area contributed by atoms with Crippen LogP contribution in [0.3, 0.4) is 0 Å². The first-order valence-corrected chi connectivity index (χ1v) is 3.85. The van der Waals surface area contributed by atoms with Gasteiger partial charge in [-0.25, -0.2) is 0 Å². The maximum absolute atomic E-state index is 8.82. The molecular weight excluding hydrogens is 174 g/mol. The summed E-state index contributed by atoms with van der Waals surface area (Å²) in [6.45, 7) is 0. The Kier molecular flexibility index (Phi) is 2.16. The molecule has 5 heteroatoms. The molecule has 0 fully saturated rings. The van der Waals surface area contributed by atoms with Gasteiger partial charge >= 0.3 is 68.6 Å². The van der Waals surface area contributed by atoms with Crippen molar-refractivity contribution in [1.29, 1.82) is 0 Å². The molecule has 0 aromatic heterocycles. The predicted molar refractivity (Wildman–Crippen MR) is 28.6 cm³/mol. The molecule has 1 heterocycles. The van der Waals surface area contributed by atoms with E-state index >= 15 is 0 Å². The van der Waals surface area contributed by atoms with Crippen LogP contribution in [0.5, 0.6) is 0 Å². The van der Waals surface area contributed by atoms with Gasteiger partial charge in [0.25, 0.3) is 0 Å². The quantitative estimate of drug-likeness (QED) is 0.333. The molecule has 0 aromatic rings. The van der Waals surface area contributed by atoms with Crippen LogP contribution in [0, 0.1) is 0 Å². The van der Waals surface area contributed by atoms with E-state index in [0.29, 0.717) is 0 Å². The van der Waals surface area contributed by atoms with Crippen molar-refractivity contribution in [2.75, 3.05) is 0 Å². The van der Waals surface area contributed by atoms with Gasteiger partial charge in [-0.1, -0.05) is 0 Å². The van der Waals surface area contributed by atoms with Crippen LogP contribution in [0.2, 0.25) is 0 Å². The Morgan fingerprint density at radius 1 is 1.56 bits per heavy atom. The molecule has 0 aromatic carbocycles. The zero-order valence-electron chi connectivity index (χ0n) is 4.48. The molecule has 0 bridgehead atoms. The van der Waals surface area contributed by atoms with Crippen LogP contribution in [-0.4, -0.2) is 14.6 Å². The van der Waals surface area contributed by atoms with Crippen molar-refractivity contribution in [3.05, 3.63) is 21.6 Å². The summed E-state index contributed by atoms with van der Waals surface area (Å²) < 4.78 is -0.0750. The van der Waals surface area contributed by atoms with Crippen molar-refractivity contribution in [3.63, 3.8) is 0 Å². The van der Waals surface area contributed by atoms with E-state index in [1.165, 1.54) is 6.20 Å². The molecule has 0 spiro atoms. The number of nitrogens with zero attached hydrogens (tertiary/aromatic N) is 1. The van der Waals surface area contributed by atoms with Gasteiger partial charge in [-0.3, -0.25) is 0 Å². The summed E-state index contributed by atoms with van der Waals surface area (Å²) in [5.74, 6) is 0. The van der Waals surface area contributed by atoms with Crippen LogP contribution in [0.15, 0.2) is 21.6 Å². The second kappa shape index (κ2) is 2.58. The van der Waals surface area contributed by atoms with E-state index in [1.807, 2.05) is 20.4 Å². The normalized spacial score (nSPS) is 23.4. The molecule has 1 aliphatic heterocycles. The maximum atomic E-state index is 8.82. The van der Waals surface area contributed by atoms with E-state index in [2.05, 4.69) is 0 Å². The first kappa shape index (κ1) is 7.53. The Labute approximate surface area is 68.7 Å². The molecule has 0 aliphatic carbocycles. The van der Waals surface area contributed by atoms with Crippen molar-refractivity contribution < 1.29 is 35.1 Å². The minimum absolute atomic E-state index is 0.928. The van der Waals surface area contributed by atoms with Gasteiger partial charge < -0.3 is 0 Å². The van der Waals surface area contributed by atoms with Gasteiger partial charge in [0.1, 0.15) is 0 Å². The molecule has 0 unspecified atom stereocenters. The molecule has 3 nitrogen and oxygen atoms in total. The number of hydroxylamine groups is 2. The first-order chi connectivity index (χ1) is 4.10. The van der Waals surface area contributed by atoms with E-state index in [0.717, 1.165) is 15.8 Å². The average molecular weight is 179 g/mol. The standard InChI is InChI=1S/C4H5NO2S.Ti/c6-5(7)3-1-2-4-8-5;/h1,3-4,6-7H;/q+1;. The van der Waals surface area contributed by atoms with Crippen LogP contribution in [0.4, 0.5) is 0 Å². The third-order valence-electron chi connectivity index (χ3n) is 0.783. The van der Waals surface area contributed by atoms with Crippen molar-refractivity contribution in [2.45, 2.75) is 0 Å². The number of hydrogen-bond acceptors (Lipinski definition) is 3. The Morgan fingerprint density at radius 3 is 2.56 bits per heavy atom. The molecule has 2 N–H and O–H groups in total. The zero-order valence-corrected chi connectivity index (χ0v) is 6.86. The number of rotatable bonds is 0. The summed E-state index contributed by atoms with van der Waals surface area (Å²) in [4.78, 5) is 0. The van der Waals surface area contributed by atoms with Crippen molar-refractivity contribution in [3.8, 4) is 0 Å². The summed E-state index contributed by atoms with van der Waals surface area (Å²) in [7, 11) is 0. The Hall–Kier alpha value is 0.424. The predicted octanol–water partition coefficient (Wildman–Crippen LogP) is 1.15. The summed E-state index contributed by atoms with van der Waals surface area (Å²) >= 11 is 2.82. The van der Waals surface area contributed by atoms with E-state index in [1.54, 1.807) is 11.5 Å². The number of hydrogen-bond donors (Lipinski definition) is 2. The van der Waals surface area contributed by atoms with Gasteiger partial charge in [0, 0.05) is 0 Å². The van der Waals surface area contributed by atoms with Crippen molar-refractivity contribution >= 4 is 11.9 Å². The molecule has 47 valence electrons. The molecule has 1 aliphatic rings. The summed E-state index contributed by atoms with van der Waals surface area (Å²) in [6.07, 6.45) is 2.94. The number of quaternary nitrogens is 1. The van der Waals surface area contributed by atoms with Gasteiger partial charge in [0.2, 0.25) is 0 Å². The fraction of sp³-hybridized carbons (Fsp3) is 0. The van der Waals surface area contributed by atoms with Gasteiger partial charge in [0.15, 0.2) is 0 Å². The SMILES string of the molecule is O[N+]1(O)C=C[C]([Ti])=CS1. The van der Waals surface area contributed by atoms with E-state index in [9.17, 15) is 0 Å². The van der Waals surface area contributed by atoms with Crippen LogP contribution in [0.25, 0.3) is 0 Å². The minimum atomic E-state index is -1.10. The second-order valence-corrected chi connectivity index (χ2v) is 3.47. The van der Waals surface area contributed by atoms with E-state index < -0.39 is 4.21 Å². The van der Waals surface area contributed by atoms with Crippen molar-refractivity contribution in [2.24, 2.45) is 0 Å². The Morgan fingerprint density at radius 2 is 2.22 bits per heavy atom. The zero-order chi connectivity index (χ0) is 6.91. The second-order valence-electron chi connectivity index (χ2n) is 1.58. The molecule has 0 saturated heterocycles. The Bertz CT molecular complexity index is 177. The van der Waals surface area contributed by atoms with E-state index in [4.69, 9.17) is 10.4 Å².